The topological polar surface area (TPSA) is 117 Å². The Hall–Kier alpha value is -2.70. The quantitative estimate of drug-likeness (QED) is 0.410. The molecule has 2 heterocycles. The smallest absolute Gasteiger partial charge is 0.226 e. The van der Waals surface area contributed by atoms with Gasteiger partial charge >= 0.3 is 0 Å². The summed E-state index contributed by atoms with van der Waals surface area (Å²) in [5.41, 5.74) is 8.16. The summed E-state index contributed by atoms with van der Waals surface area (Å²) in [5.74, 6) is 1.10. The van der Waals surface area contributed by atoms with Gasteiger partial charge in [0.2, 0.25) is 5.95 Å². The summed E-state index contributed by atoms with van der Waals surface area (Å²) < 4.78 is 2.85. The second kappa shape index (κ2) is 9.67. The molecule has 0 atom stereocenters. The van der Waals surface area contributed by atoms with E-state index in [2.05, 4.69) is 61.4 Å². The van der Waals surface area contributed by atoms with E-state index >= 15 is 0 Å². The van der Waals surface area contributed by atoms with E-state index in [0.717, 1.165) is 35.9 Å². The third kappa shape index (κ3) is 5.02. The van der Waals surface area contributed by atoms with Crippen molar-refractivity contribution in [2.75, 3.05) is 23.7 Å². The van der Waals surface area contributed by atoms with Crippen molar-refractivity contribution in [3.8, 4) is 6.07 Å². The minimum absolute atomic E-state index is 0.211. The Morgan fingerprint density at radius 2 is 2.07 bits per heavy atom. The molecule has 3 aromatic rings. The fourth-order valence-electron chi connectivity index (χ4n) is 2.95. The van der Waals surface area contributed by atoms with Gasteiger partial charge in [0.25, 0.3) is 0 Å². The van der Waals surface area contributed by atoms with Crippen LogP contribution in [0, 0.1) is 11.3 Å². The first-order valence-corrected chi connectivity index (χ1v) is 10.5. The van der Waals surface area contributed by atoms with Crippen LogP contribution in [0.5, 0.6) is 0 Å². The lowest BCUT2D eigenvalue weighted by molar-refractivity contribution is 0.612. The zero-order chi connectivity index (χ0) is 20.8. The van der Waals surface area contributed by atoms with Crippen LogP contribution in [0.25, 0.3) is 11.2 Å². The highest BCUT2D eigenvalue weighted by molar-refractivity contribution is 9.10. The molecule has 0 radical (unpaired) electrons. The average Bonchev–Trinajstić information content (AvgIpc) is 3.13. The van der Waals surface area contributed by atoms with E-state index in [9.17, 15) is 5.26 Å². The fourth-order valence-corrected chi connectivity index (χ4v) is 3.31. The van der Waals surface area contributed by atoms with Gasteiger partial charge in [0.1, 0.15) is 6.07 Å². The van der Waals surface area contributed by atoms with Crippen LogP contribution in [0.4, 0.5) is 17.5 Å². The summed E-state index contributed by atoms with van der Waals surface area (Å²) in [5, 5.41) is 16.0. The van der Waals surface area contributed by atoms with Crippen LogP contribution in [-0.2, 0) is 0 Å². The summed E-state index contributed by atoms with van der Waals surface area (Å²) >= 11 is 3.40. The van der Waals surface area contributed by atoms with Gasteiger partial charge in [0.15, 0.2) is 17.0 Å². The number of hydrogen-bond acceptors (Lipinski definition) is 7. The minimum Gasteiger partial charge on any atom is -0.354 e. The molecule has 9 heteroatoms. The number of imidazole rings is 1. The highest BCUT2D eigenvalue weighted by Crippen LogP contribution is 2.28. The Kier molecular flexibility index (Phi) is 7.01. The molecule has 4 N–H and O–H groups in total. The Balaban J connectivity index is 1.95. The molecule has 29 heavy (non-hydrogen) atoms. The molecule has 0 aliphatic rings. The number of rotatable bonds is 9. The van der Waals surface area contributed by atoms with Crippen LogP contribution in [0.1, 0.15) is 44.7 Å². The van der Waals surface area contributed by atoms with Crippen molar-refractivity contribution >= 4 is 44.5 Å². The van der Waals surface area contributed by atoms with E-state index < -0.39 is 0 Å². The zero-order valence-corrected chi connectivity index (χ0v) is 18.2. The normalized spacial score (nSPS) is 11.0. The first-order valence-electron chi connectivity index (χ1n) is 9.68. The van der Waals surface area contributed by atoms with E-state index in [1.165, 1.54) is 0 Å². The van der Waals surface area contributed by atoms with E-state index in [1.807, 2.05) is 16.7 Å². The summed E-state index contributed by atoms with van der Waals surface area (Å²) in [6.45, 7) is 5.64. The lowest BCUT2D eigenvalue weighted by Gasteiger charge is -2.13. The number of unbranched alkanes of at least 4 members (excludes halogenated alkanes) is 2. The number of benzene rings is 1. The predicted octanol–water partition coefficient (Wildman–Crippen LogP) is 4.33. The molecule has 0 saturated heterocycles. The maximum Gasteiger partial charge on any atom is 0.226 e. The van der Waals surface area contributed by atoms with Crippen LogP contribution in [0.3, 0.4) is 0 Å². The van der Waals surface area contributed by atoms with Gasteiger partial charge in [0.05, 0.1) is 17.6 Å². The number of fused-ring (bicyclic) bond motifs is 1. The maximum absolute atomic E-state index is 9.47. The van der Waals surface area contributed by atoms with Crippen molar-refractivity contribution in [3.05, 3.63) is 34.6 Å². The van der Waals surface area contributed by atoms with Crippen molar-refractivity contribution in [3.63, 3.8) is 0 Å². The Morgan fingerprint density at radius 3 is 2.79 bits per heavy atom. The van der Waals surface area contributed by atoms with E-state index in [-0.39, 0.29) is 6.04 Å². The second-order valence-electron chi connectivity index (χ2n) is 7.02. The number of hydrogen-bond donors (Lipinski definition) is 3. The molecule has 2 aromatic heterocycles. The van der Waals surface area contributed by atoms with Gasteiger partial charge in [-0.15, -0.1) is 0 Å². The summed E-state index contributed by atoms with van der Waals surface area (Å²) in [6, 6.07) is 7.91. The third-order valence-electron chi connectivity index (χ3n) is 4.50. The first kappa shape index (κ1) is 21.0. The number of halogens is 1. The predicted molar refractivity (Wildman–Crippen MR) is 119 cm³/mol. The largest absolute Gasteiger partial charge is 0.354 e. The molecular formula is C20H25BrN8. The second-order valence-corrected chi connectivity index (χ2v) is 7.93. The lowest BCUT2D eigenvalue weighted by atomic mass is 10.2. The molecule has 0 fully saturated rings. The highest BCUT2D eigenvalue weighted by Gasteiger charge is 2.16. The molecule has 0 saturated carbocycles. The van der Waals surface area contributed by atoms with Crippen LogP contribution < -0.4 is 16.4 Å². The van der Waals surface area contributed by atoms with Crippen molar-refractivity contribution in [1.29, 1.82) is 5.26 Å². The summed E-state index contributed by atoms with van der Waals surface area (Å²) in [7, 11) is 0. The maximum atomic E-state index is 9.47. The number of nitriles is 1. The number of aromatic nitrogens is 4. The SMILES string of the molecule is CC(C)n1cnc2c(Nc3ccc(Br)cc3C#N)nc(NCCCCCN)nc21. The van der Waals surface area contributed by atoms with E-state index in [1.54, 1.807) is 12.4 Å². The van der Waals surface area contributed by atoms with Gasteiger partial charge in [0, 0.05) is 17.1 Å². The molecule has 0 aliphatic heterocycles. The Labute approximate surface area is 178 Å². The van der Waals surface area contributed by atoms with Gasteiger partial charge in [-0.1, -0.05) is 22.4 Å². The van der Waals surface area contributed by atoms with Crippen molar-refractivity contribution in [1.82, 2.24) is 19.5 Å². The highest BCUT2D eigenvalue weighted by atomic mass is 79.9. The molecule has 3 rings (SSSR count). The van der Waals surface area contributed by atoms with Crippen LogP contribution in [-0.4, -0.2) is 32.6 Å². The Bertz CT molecular complexity index is 1020. The number of nitrogens with zero attached hydrogens (tertiary/aromatic N) is 5. The number of nitrogens with one attached hydrogen (secondary N) is 2. The first-order chi connectivity index (χ1) is 14.0. The van der Waals surface area contributed by atoms with Gasteiger partial charge in [-0.05, 0) is 51.4 Å². The van der Waals surface area contributed by atoms with Gasteiger partial charge in [-0.3, -0.25) is 0 Å². The average molecular weight is 457 g/mol. The van der Waals surface area contributed by atoms with Gasteiger partial charge < -0.3 is 20.9 Å². The molecular weight excluding hydrogens is 432 g/mol. The lowest BCUT2D eigenvalue weighted by Crippen LogP contribution is -2.10. The van der Waals surface area contributed by atoms with Gasteiger partial charge in [-0.2, -0.15) is 15.2 Å². The monoisotopic (exact) mass is 456 g/mol. The molecule has 0 amide bonds. The van der Waals surface area contributed by atoms with E-state index in [4.69, 9.17) is 5.73 Å². The molecule has 0 aliphatic carbocycles. The molecule has 8 nitrogen and oxygen atoms in total. The molecule has 0 unspecified atom stereocenters. The van der Waals surface area contributed by atoms with Gasteiger partial charge in [-0.25, -0.2) is 4.98 Å². The molecule has 0 spiro atoms. The fraction of sp³-hybridized carbons (Fsp3) is 0.400. The summed E-state index contributed by atoms with van der Waals surface area (Å²) in [6.07, 6.45) is 4.84. The minimum atomic E-state index is 0.211. The van der Waals surface area contributed by atoms with E-state index in [0.29, 0.717) is 35.1 Å². The van der Waals surface area contributed by atoms with Crippen LogP contribution >= 0.6 is 15.9 Å². The molecule has 152 valence electrons. The van der Waals surface area contributed by atoms with Crippen molar-refractivity contribution in [2.24, 2.45) is 5.73 Å². The zero-order valence-electron chi connectivity index (χ0n) is 16.6. The van der Waals surface area contributed by atoms with Crippen LogP contribution in [0.15, 0.2) is 29.0 Å². The molecule has 0 bridgehead atoms. The number of anilines is 3. The van der Waals surface area contributed by atoms with Crippen molar-refractivity contribution < 1.29 is 0 Å². The summed E-state index contributed by atoms with van der Waals surface area (Å²) in [4.78, 5) is 13.8. The molecule has 1 aromatic carbocycles. The van der Waals surface area contributed by atoms with Crippen molar-refractivity contribution in [2.45, 2.75) is 39.2 Å². The third-order valence-corrected chi connectivity index (χ3v) is 4.99. The standard InChI is InChI=1S/C20H25BrN8/c1-13(2)29-12-25-17-18(26-16-7-6-15(21)10-14(16)11-23)27-20(28-19(17)29)24-9-5-3-4-8-22/h6-7,10,12-13H,3-5,8-9,22H2,1-2H3,(H2,24,26,27,28). The number of nitrogens with two attached hydrogens (primary N) is 1. The van der Waals surface area contributed by atoms with Crippen LogP contribution in [0.2, 0.25) is 0 Å². The Morgan fingerprint density at radius 1 is 1.24 bits per heavy atom.